The van der Waals surface area contributed by atoms with Crippen LogP contribution in [-0.4, -0.2) is 19.0 Å². The summed E-state index contributed by atoms with van der Waals surface area (Å²) in [5, 5.41) is 3.48. The molecule has 1 atom stereocenters. The zero-order chi connectivity index (χ0) is 20.5. The van der Waals surface area contributed by atoms with Gasteiger partial charge in [0.2, 0.25) is 0 Å². The van der Waals surface area contributed by atoms with Crippen LogP contribution < -0.4 is 10.1 Å². The minimum Gasteiger partial charge on any atom is -0.465 e. The van der Waals surface area contributed by atoms with Crippen LogP contribution in [0.3, 0.4) is 0 Å². The molecular weight excluding hydrogens is 454 g/mol. The van der Waals surface area contributed by atoms with Crippen molar-refractivity contribution in [3.63, 3.8) is 0 Å². The molecule has 0 unspecified atom stereocenters. The van der Waals surface area contributed by atoms with E-state index in [-0.39, 0.29) is 5.91 Å². The Bertz CT molecular complexity index is 1050. The lowest BCUT2D eigenvalue weighted by Crippen LogP contribution is -2.16. The summed E-state index contributed by atoms with van der Waals surface area (Å²) in [6.45, 7) is 2.20. The lowest BCUT2D eigenvalue weighted by Gasteiger charge is -2.18. The number of hydrogen-bond donors (Lipinski definition) is 1. The summed E-state index contributed by atoms with van der Waals surface area (Å²) in [4.78, 5) is 26.6. The number of carbonyl (C=O) groups excluding carboxylic acids is 2. The number of halogens is 1. The molecule has 1 N–H and O–H groups in total. The van der Waals surface area contributed by atoms with Crippen LogP contribution >= 0.6 is 27.3 Å². The van der Waals surface area contributed by atoms with E-state index in [9.17, 15) is 9.59 Å². The summed E-state index contributed by atoms with van der Waals surface area (Å²) in [6.07, 6.45) is 7.65. The van der Waals surface area contributed by atoms with Crippen molar-refractivity contribution in [2.24, 2.45) is 5.92 Å². The van der Waals surface area contributed by atoms with Crippen LogP contribution in [0.1, 0.15) is 39.7 Å². The van der Waals surface area contributed by atoms with E-state index in [1.54, 1.807) is 12.2 Å². The van der Waals surface area contributed by atoms with Crippen LogP contribution in [-0.2, 0) is 22.4 Å². The van der Waals surface area contributed by atoms with Gasteiger partial charge in [-0.3, -0.25) is 4.79 Å². The Balaban J connectivity index is 1.67. The van der Waals surface area contributed by atoms with Crippen molar-refractivity contribution >= 4 is 50.2 Å². The zero-order valence-electron chi connectivity index (χ0n) is 16.1. The first-order chi connectivity index (χ1) is 14.0. The maximum atomic E-state index is 13.0. The van der Waals surface area contributed by atoms with Gasteiger partial charge in [-0.25, -0.2) is 4.79 Å². The van der Waals surface area contributed by atoms with Crippen molar-refractivity contribution in [3.05, 3.63) is 62.2 Å². The molecule has 0 saturated carbocycles. The van der Waals surface area contributed by atoms with Gasteiger partial charge in [0, 0.05) is 20.5 Å². The quantitative estimate of drug-likeness (QED) is 0.610. The summed E-state index contributed by atoms with van der Waals surface area (Å²) in [7, 11) is 1.37. The first-order valence-corrected chi connectivity index (χ1v) is 11.0. The van der Waals surface area contributed by atoms with Gasteiger partial charge in [-0.15, -0.1) is 11.3 Å². The predicted octanol–water partition coefficient (Wildman–Crippen LogP) is 5.35. The molecule has 0 fully saturated rings. The van der Waals surface area contributed by atoms with Gasteiger partial charge in [-0.2, -0.15) is 0 Å². The molecular formula is C22H20BrNO4S. The van der Waals surface area contributed by atoms with Crippen LogP contribution in [0.25, 0.3) is 6.08 Å². The summed E-state index contributed by atoms with van der Waals surface area (Å²) in [5.41, 5.74) is 2.74. The number of rotatable bonds is 3. The Morgan fingerprint density at radius 3 is 2.97 bits per heavy atom. The van der Waals surface area contributed by atoms with Gasteiger partial charge >= 0.3 is 5.97 Å². The number of nitrogens with one attached hydrogen (secondary N) is 1. The SMILES string of the molecule is COC(=O)c1c(NC(=O)C2=Cc3cc(Br)ccc3OC=C2)sc2c1CC[C@H](C)C2. The summed E-state index contributed by atoms with van der Waals surface area (Å²) in [6, 6.07) is 5.61. The lowest BCUT2D eigenvalue weighted by atomic mass is 9.88. The maximum Gasteiger partial charge on any atom is 0.341 e. The topological polar surface area (TPSA) is 64.6 Å². The third-order valence-corrected chi connectivity index (χ3v) is 6.78. The van der Waals surface area contributed by atoms with E-state index in [1.807, 2.05) is 18.2 Å². The van der Waals surface area contributed by atoms with Crippen molar-refractivity contribution in [2.75, 3.05) is 12.4 Å². The Hall–Kier alpha value is -2.38. The fourth-order valence-corrected chi connectivity index (χ4v) is 5.38. The number of amides is 1. The van der Waals surface area contributed by atoms with Crippen LogP contribution in [0.2, 0.25) is 0 Å². The number of fused-ring (bicyclic) bond motifs is 2. The number of anilines is 1. The molecule has 2 heterocycles. The second kappa shape index (κ2) is 8.16. The Kier molecular flexibility index (Phi) is 5.61. The van der Waals surface area contributed by atoms with E-state index in [0.717, 1.165) is 39.7 Å². The van der Waals surface area contributed by atoms with E-state index in [4.69, 9.17) is 9.47 Å². The molecule has 1 aromatic carbocycles. The highest BCUT2D eigenvalue weighted by atomic mass is 79.9. The molecule has 1 aliphatic carbocycles. The smallest absolute Gasteiger partial charge is 0.341 e. The van der Waals surface area contributed by atoms with E-state index in [2.05, 4.69) is 28.2 Å². The van der Waals surface area contributed by atoms with Gasteiger partial charge in [0.15, 0.2) is 0 Å². The fraction of sp³-hybridized carbons (Fsp3) is 0.273. The van der Waals surface area contributed by atoms with Crippen molar-refractivity contribution in [1.29, 1.82) is 0 Å². The van der Waals surface area contributed by atoms with Crippen LogP contribution in [0.5, 0.6) is 5.75 Å². The average molecular weight is 474 g/mol. The third-order valence-electron chi connectivity index (χ3n) is 5.12. The summed E-state index contributed by atoms with van der Waals surface area (Å²) >= 11 is 4.91. The zero-order valence-corrected chi connectivity index (χ0v) is 18.5. The molecule has 0 bridgehead atoms. The summed E-state index contributed by atoms with van der Waals surface area (Å²) in [5.74, 6) is 0.530. The van der Waals surface area contributed by atoms with Crippen LogP contribution in [0.15, 0.2) is 40.6 Å². The molecule has 1 aromatic heterocycles. The van der Waals surface area contributed by atoms with Crippen molar-refractivity contribution in [3.8, 4) is 5.75 Å². The second-order valence-electron chi connectivity index (χ2n) is 7.20. The van der Waals surface area contributed by atoms with Gasteiger partial charge in [0.05, 0.1) is 18.9 Å². The molecule has 0 spiro atoms. The van der Waals surface area contributed by atoms with Crippen molar-refractivity contribution in [2.45, 2.75) is 26.2 Å². The standard InChI is InChI=1S/C22H20BrNO4S/c1-12-3-5-16-18(9-12)29-21(19(16)22(26)27-2)24-20(25)13-7-8-28-17-6-4-15(23)11-14(17)10-13/h4,6-8,10-12H,3,5,9H2,1-2H3,(H,24,25)/t12-/m0/s1. The van der Waals surface area contributed by atoms with E-state index in [1.165, 1.54) is 24.7 Å². The number of esters is 1. The number of carbonyl (C=O) groups is 2. The molecule has 150 valence electrons. The lowest BCUT2D eigenvalue weighted by molar-refractivity contribution is -0.112. The largest absolute Gasteiger partial charge is 0.465 e. The minimum atomic E-state index is -0.407. The molecule has 2 aromatic rings. The normalized spacial score (nSPS) is 17.3. The number of hydrogen-bond acceptors (Lipinski definition) is 5. The molecule has 1 amide bonds. The van der Waals surface area contributed by atoms with Gasteiger partial charge in [0.25, 0.3) is 5.91 Å². The number of methoxy groups -OCH3 is 1. The molecule has 1 aliphatic heterocycles. The molecule has 2 aliphatic rings. The van der Waals surface area contributed by atoms with Gasteiger partial charge in [-0.1, -0.05) is 22.9 Å². The van der Waals surface area contributed by atoms with Crippen molar-refractivity contribution < 1.29 is 19.1 Å². The minimum absolute atomic E-state index is 0.297. The number of thiophene rings is 1. The van der Waals surface area contributed by atoms with Gasteiger partial charge < -0.3 is 14.8 Å². The molecule has 29 heavy (non-hydrogen) atoms. The highest BCUT2D eigenvalue weighted by Gasteiger charge is 2.29. The third kappa shape index (κ3) is 4.02. The van der Waals surface area contributed by atoms with E-state index >= 15 is 0 Å². The van der Waals surface area contributed by atoms with E-state index < -0.39 is 5.97 Å². The Morgan fingerprint density at radius 2 is 2.17 bits per heavy atom. The van der Waals surface area contributed by atoms with Crippen molar-refractivity contribution in [1.82, 2.24) is 0 Å². The molecule has 7 heteroatoms. The first-order valence-electron chi connectivity index (χ1n) is 9.35. The maximum absolute atomic E-state index is 13.0. The number of ether oxygens (including phenoxy) is 2. The first kappa shape index (κ1) is 19.9. The fourth-order valence-electron chi connectivity index (χ4n) is 3.61. The Morgan fingerprint density at radius 1 is 1.34 bits per heavy atom. The monoisotopic (exact) mass is 473 g/mol. The molecule has 4 rings (SSSR count). The molecule has 5 nitrogen and oxygen atoms in total. The van der Waals surface area contributed by atoms with Gasteiger partial charge in [0.1, 0.15) is 10.8 Å². The predicted molar refractivity (Wildman–Crippen MR) is 117 cm³/mol. The van der Waals surface area contributed by atoms with Crippen LogP contribution in [0, 0.1) is 5.92 Å². The second-order valence-corrected chi connectivity index (χ2v) is 9.22. The highest BCUT2D eigenvalue weighted by Crippen LogP contribution is 2.40. The van der Waals surface area contributed by atoms with E-state index in [0.29, 0.717) is 27.8 Å². The Labute approximate surface area is 181 Å². The molecule has 0 saturated heterocycles. The molecule has 0 radical (unpaired) electrons. The summed E-state index contributed by atoms with van der Waals surface area (Å²) < 4.78 is 11.5. The van der Waals surface area contributed by atoms with Crippen LogP contribution in [0.4, 0.5) is 5.00 Å². The average Bonchev–Trinajstić information content (AvgIpc) is 2.90. The highest BCUT2D eigenvalue weighted by molar-refractivity contribution is 9.10. The number of benzene rings is 1. The van der Waals surface area contributed by atoms with Gasteiger partial charge in [-0.05, 0) is 61.1 Å².